The van der Waals surface area contributed by atoms with Crippen molar-refractivity contribution in [3.8, 4) is 11.5 Å². The molecule has 0 radical (unpaired) electrons. The molecule has 0 aliphatic carbocycles. The van der Waals surface area contributed by atoms with E-state index in [-0.39, 0.29) is 11.5 Å². The van der Waals surface area contributed by atoms with Gasteiger partial charge in [0.2, 0.25) is 12.4 Å². The molecule has 5 atom stereocenters. The van der Waals surface area contributed by atoms with E-state index in [0.29, 0.717) is 3.57 Å². The van der Waals surface area contributed by atoms with E-state index in [1.54, 1.807) is 12.1 Å². The van der Waals surface area contributed by atoms with Crippen molar-refractivity contribution < 1.29 is 57.1 Å². The van der Waals surface area contributed by atoms with Crippen LogP contribution in [0.3, 0.4) is 0 Å². The molecule has 34 heavy (non-hydrogen) atoms. The Morgan fingerprint density at radius 3 is 1.82 bits per heavy atom. The van der Waals surface area contributed by atoms with E-state index >= 15 is 0 Å². The molecule has 0 spiro atoms. The van der Waals surface area contributed by atoms with Gasteiger partial charge < -0.3 is 33.2 Å². The number of halogens is 1. The molecular weight excluding hydrogens is 571 g/mol. The molecule has 2 rings (SSSR count). The second-order valence-corrected chi connectivity index (χ2v) is 8.25. The third-order valence-electron chi connectivity index (χ3n) is 4.19. The Morgan fingerprint density at radius 2 is 1.29 bits per heavy atom. The SMILES string of the molecule is COC(=O)[C@@H]1O[C@H](Oc2cc(I)cc(OC(C)=O)c2)[C@@H](OC(C)=O)[C@H](OC(C)=O)[C@H]1OC(C)=O. The zero-order chi connectivity index (χ0) is 25.6. The topological polar surface area (TPSA) is 150 Å². The van der Waals surface area contributed by atoms with Crippen LogP contribution in [0.25, 0.3) is 0 Å². The first-order valence-electron chi connectivity index (χ1n) is 9.81. The summed E-state index contributed by atoms with van der Waals surface area (Å²) in [5.41, 5.74) is 0. The van der Waals surface area contributed by atoms with E-state index in [9.17, 15) is 24.0 Å². The number of methoxy groups -OCH3 is 1. The monoisotopic (exact) mass is 594 g/mol. The molecule has 0 amide bonds. The number of rotatable bonds is 7. The van der Waals surface area contributed by atoms with Gasteiger partial charge >= 0.3 is 29.8 Å². The normalized spacial score (nSPS) is 23.8. The predicted octanol–water partition coefficient (Wildman–Crippen LogP) is 1.29. The number of carbonyl (C=O) groups excluding carboxylic acids is 5. The van der Waals surface area contributed by atoms with Crippen molar-refractivity contribution in [1.82, 2.24) is 0 Å². The zero-order valence-corrected chi connectivity index (χ0v) is 21.1. The van der Waals surface area contributed by atoms with Gasteiger partial charge in [-0.05, 0) is 34.7 Å². The van der Waals surface area contributed by atoms with Gasteiger partial charge in [-0.25, -0.2) is 4.79 Å². The summed E-state index contributed by atoms with van der Waals surface area (Å²) >= 11 is 1.96. The van der Waals surface area contributed by atoms with Crippen molar-refractivity contribution in [1.29, 1.82) is 0 Å². The van der Waals surface area contributed by atoms with Gasteiger partial charge in [0.25, 0.3) is 0 Å². The van der Waals surface area contributed by atoms with Gasteiger partial charge in [0.05, 0.1) is 7.11 Å². The summed E-state index contributed by atoms with van der Waals surface area (Å²) in [5, 5.41) is 0. The minimum absolute atomic E-state index is 0.112. The highest BCUT2D eigenvalue weighted by atomic mass is 127. The van der Waals surface area contributed by atoms with Crippen molar-refractivity contribution in [2.75, 3.05) is 7.11 Å². The first kappa shape index (κ1) is 27.3. The Bertz CT molecular complexity index is 961. The summed E-state index contributed by atoms with van der Waals surface area (Å²) in [4.78, 5) is 59.2. The van der Waals surface area contributed by atoms with Gasteiger partial charge in [-0.2, -0.15) is 0 Å². The number of esters is 5. The first-order valence-corrected chi connectivity index (χ1v) is 10.9. The molecular formula is C21H23IO12. The lowest BCUT2D eigenvalue weighted by Gasteiger charge is -2.43. The van der Waals surface area contributed by atoms with E-state index in [1.807, 2.05) is 22.6 Å². The molecule has 1 heterocycles. The Hall–Kier alpha value is -2.94. The van der Waals surface area contributed by atoms with Crippen molar-refractivity contribution in [3.05, 3.63) is 21.8 Å². The van der Waals surface area contributed by atoms with Crippen LogP contribution in [0.4, 0.5) is 0 Å². The highest BCUT2D eigenvalue weighted by Gasteiger charge is 2.55. The fraction of sp³-hybridized carbons (Fsp3) is 0.476. The van der Waals surface area contributed by atoms with E-state index < -0.39 is 60.6 Å². The van der Waals surface area contributed by atoms with Crippen LogP contribution in [0.15, 0.2) is 18.2 Å². The lowest BCUT2D eigenvalue weighted by atomic mass is 9.97. The highest BCUT2D eigenvalue weighted by molar-refractivity contribution is 14.1. The van der Waals surface area contributed by atoms with Crippen LogP contribution < -0.4 is 9.47 Å². The van der Waals surface area contributed by atoms with Gasteiger partial charge in [-0.15, -0.1) is 0 Å². The Labute approximate surface area is 208 Å². The molecule has 1 saturated heterocycles. The molecule has 12 nitrogen and oxygen atoms in total. The van der Waals surface area contributed by atoms with E-state index in [1.165, 1.54) is 13.0 Å². The predicted molar refractivity (Wildman–Crippen MR) is 118 cm³/mol. The summed E-state index contributed by atoms with van der Waals surface area (Å²) in [5.74, 6) is -3.67. The quantitative estimate of drug-likeness (QED) is 0.194. The number of carbonyl (C=O) groups is 5. The van der Waals surface area contributed by atoms with Gasteiger partial charge in [-0.3, -0.25) is 19.2 Å². The Kier molecular flexibility index (Phi) is 9.61. The molecule has 0 aromatic heterocycles. The first-order chi connectivity index (χ1) is 15.9. The van der Waals surface area contributed by atoms with E-state index in [0.717, 1.165) is 27.9 Å². The van der Waals surface area contributed by atoms with Gasteiger partial charge in [-0.1, -0.05) is 0 Å². The average Bonchev–Trinajstić information content (AvgIpc) is 2.69. The van der Waals surface area contributed by atoms with Crippen LogP contribution in [0, 0.1) is 3.57 Å². The van der Waals surface area contributed by atoms with Gasteiger partial charge in [0.1, 0.15) is 11.5 Å². The van der Waals surface area contributed by atoms with Gasteiger partial charge in [0.15, 0.2) is 18.3 Å². The van der Waals surface area contributed by atoms with E-state index in [4.69, 9.17) is 33.2 Å². The summed E-state index contributed by atoms with van der Waals surface area (Å²) in [6.07, 6.45) is -7.56. The molecule has 0 N–H and O–H groups in total. The largest absolute Gasteiger partial charge is 0.467 e. The molecule has 0 bridgehead atoms. The molecule has 0 unspecified atom stereocenters. The lowest BCUT2D eigenvalue weighted by Crippen LogP contribution is -2.64. The molecule has 186 valence electrons. The van der Waals surface area contributed by atoms with E-state index in [2.05, 4.69) is 0 Å². The molecule has 1 aliphatic heterocycles. The fourth-order valence-electron chi connectivity index (χ4n) is 3.14. The van der Waals surface area contributed by atoms with Crippen molar-refractivity contribution in [2.24, 2.45) is 0 Å². The maximum Gasteiger partial charge on any atom is 0.339 e. The fourth-order valence-corrected chi connectivity index (χ4v) is 3.75. The second kappa shape index (κ2) is 12.0. The second-order valence-electron chi connectivity index (χ2n) is 7.00. The van der Waals surface area contributed by atoms with Gasteiger partial charge in [0, 0.05) is 37.3 Å². The third kappa shape index (κ3) is 7.55. The van der Waals surface area contributed by atoms with Crippen LogP contribution in [-0.4, -0.2) is 67.7 Å². The van der Waals surface area contributed by atoms with Crippen LogP contribution >= 0.6 is 22.6 Å². The molecule has 1 aromatic rings. The summed E-state index contributed by atoms with van der Waals surface area (Å²) in [6.45, 7) is 4.48. The minimum Gasteiger partial charge on any atom is -0.467 e. The third-order valence-corrected chi connectivity index (χ3v) is 4.82. The molecule has 13 heteroatoms. The Morgan fingerprint density at radius 1 is 0.765 bits per heavy atom. The number of benzene rings is 1. The average molecular weight is 594 g/mol. The van der Waals surface area contributed by atoms with Crippen LogP contribution in [-0.2, 0) is 47.7 Å². The highest BCUT2D eigenvalue weighted by Crippen LogP contribution is 2.33. The van der Waals surface area contributed by atoms with Crippen molar-refractivity contribution in [3.63, 3.8) is 0 Å². The van der Waals surface area contributed by atoms with Crippen molar-refractivity contribution in [2.45, 2.75) is 58.4 Å². The van der Waals surface area contributed by atoms with Crippen LogP contribution in [0.5, 0.6) is 11.5 Å². The standard InChI is InChI=1S/C21H23IO12/c1-9(23)29-14-6-13(22)7-15(8-14)33-21-19(32-12(4)26)17(31-11(3)25)16(30-10(2)24)18(34-21)20(27)28-5/h6-8,16-19,21H,1-5H3/t16-,17-,18-,19+,21+/m1/s1. The zero-order valence-electron chi connectivity index (χ0n) is 18.9. The molecule has 1 fully saturated rings. The smallest absolute Gasteiger partial charge is 0.339 e. The summed E-state index contributed by atoms with van der Waals surface area (Å²) in [7, 11) is 1.08. The minimum atomic E-state index is -1.59. The number of hydrogen-bond acceptors (Lipinski definition) is 12. The summed E-state index contributed by atoms with van der Waals surface area (Å²) in [6, 6.07) is 4.48. The molecule has 0 saturated carbocycles. The lowest BCUT2D eigenvalue weighted by molar-refractivity contribution is -0.282. The maximum atomic E-state index is 12.4. The Balaban J connectivity index is 2.53. The molecule has 1 aromatic carbocycles. The maximum absolute atomic E-state index is 12.4. The van der Waals surface area contributed by atoms with Crippen LogP contribution in [0.1, 0.15) is 27.7 Å². The molecule has 1 aliphatic rings. The number of ether oxygens (including phenoxy) is 7. The summed E-state index contributed by atoms with van der Waals surface area (Å²) < 4.78 is 37.7. The van der Waals surface area contributed by atoms with Crippen molar-refractivity contribution >= 4 is 52.4 Å². The van der Waals surface area contributed by atoms with Crippen LogP contribution in [0.2, 0.25) is 0 Å². The number of hydrogen-bond donors (Lipinski definition) is 0.